The summed E-state index contributed by atoms with van der Waals surface area (Å²) in [5.41, 5.74) is 0.588. The number of hydrogen-bond acceptors (Lipinski definition) is 5. The van der Waals surface area contributed by atoms with Crippen LogP contribution in [0.2, 0.25) is 0 Å². The second-order valence-electron chi connectivity index (χ2n) is 3.77. The van der Waals surface area contributed by atoms with E-state index in [0.717, 1.165) is 11.8 Å². The second-order valence-corrected chi connectivity index (χ2v) is 3.77. The van der Waals surface area contributed by atoms with Crippen LogP contribution in [0.4, 0.5) is 0 Å². The van der Waals surface area contributed by atoms with Crippen molar-refractivity contribution in [3.05, 3.63) is 47.7 Å². The molecule has 5 nitrogen and oxygen atoms in total. The maximum Gasteiger partial charge on any atom is 0.349 e. The van der Waals surface area contributed by atoms with Gasteiger partial charge in [0.25, 0.3) is 0 Å². The zero-order valence-corrected chi connectivity index (χ0v) is 11.6. The predicted octanol–water partition coefficient (Wildman–Crippen LogP) is 2.21. The summed E-state index contributed by atoms with van der Waals surface area (Å²) in [6.45, 7) is 4.01. The lowest BCUT2D eigenvalue weighted by molar-refractivity contribution is -0.147. The van der Waals surface area contributed by atoms with E-state index in [0.29, 0.717) is 6.61 Å². The van der Waals surface area contributed by atoms with E-state index < -0.39 is 11.9 Å². The molecule has 0 aliphatic carbocycles. The molecular weight excluding hydrogens is 260 g/mol. The number of carbonyl (C=O) groups excluding carboxylic acids is 2. The fourth-order valence-corrected chi connectivity index (χ4v) is 1.36. The monoisotopic (exact) mass is 278 g/mol. The zero-order chi connectivity index (χ0) is 14.8. The molecule has 5 heteroatoms. The van der Waals surface area contributed by atoms with E-state index in [9.17, 15) is 9.59 Å². The molecule has 0 spiro atoms. The fraction of sp³-hybridized carbons (Fsp3) is 0.333. The van der Waals surface area contributed by atoms with Gasteiger partial charge in [-0.05, 0) is 19.4 Å². The molecule has 20 heavy (non-hydrogen) atoms. The molecule has 0 fully saturated rings. The van der Waals surface area contributed by atoms with Crippen LogP contribution in [0.15, 0.2) is 42.2 Å². The Labute approximate surface area is 118 Å². The van der Waals surface area contributed by atoms with Crippen LogP contribution in [-0.4, -0.2) is 25.2 Å². The van der Waals surface area contributed by atoms with Crippen molar-refractivity contribution >= 4 is 11.9 Å². The number of benzene rings is 1. The highest BCUT2D eigenvalue weighted by Gasteiger charge is 2.22. The van der Waals surface area contributed by atoms with Crippen LogP contribution >= 0.6 is 0 Å². The first-order valence-corrected chi connectivity index (χ1v) is 6.39. The summed E-state index contributed by atoms with van der Waals surface area (Å²) in [4.78, 5) is 23.5. The van der Waals surface area contributed by atoms with Gasteiger partial charge in [0, 0.05) is 0 Å². The van der Waals surface area contributed by atoms with Gasteiger partial charge in [-0.3, -0.25) is 0 Å². The van der Waals surface area contributed by atoms with Crippen molar-refractivity contribution in [3.63, 3.8) is 0 Å². The molecule has 0 aliphatic heterocycles. The Morgan fingerprint density at radius 2 is 1.65 bits per heavy atom. The minimum atomic E-state index is -0.763. The van der Waals surface area contributed by atoms with Crippen molar-refractivity contribution in [1.29, 1.82) is 0 Å². The first-order chi connectivity index (χ1) is 9.69. The lowest BCUT2D eigenvalue weighted by atomic mass is 10.2. The summed E-state index contributed by atoms with van der Waals surface area (Å²) >= 11 is 0. The Bertz CT molecular complexity index is 464. The Hall–Kier alpha value is -2.30. The Morgan fingerprint density at radius 3 is 2.25 bits per heavy atom. The summed E-state index contributed by atoms with van der Waals surface area (Å²) in [6.07, 6.45) is 1.07. The summed E-state index contributed by atoms with van der Waals surface area (Å²) in [5, 5.41) is 0. The SMILES string of the molecule is CCO/C=C(\C(=O)OCC)C(=O)OCc1ccccc1. The minimum absolute atomic E-state index is 0.0859. The molecule has 0 amide bonds. The number of carbonyl (C=O) groups is 2. The molecule has 0 radical (unpaired) electrons. The van der Waals surface area contributed by atoms with E-state index in [1.54, 1.807) is 13.8 Å². The first kappa shape index (κ1) is 15.8. The fourth-order valence-electron chi connectivity index (χ4n) is 1.36. The molecule has 0 aliphatic rings. The Morgan fingerprint density at radius 1 is 1.00 bits per heavy atom. The molecule has 0 heterocycles. The third-order valence-corrected chi connectivity index (χ3v) is 2.30. The van der Waals surface area contributed by atoms with Gasteiger partial charge >= 0.3 is 11.9 Å². The zero-order valence-electron chi connectivity index (χ0n) is 11.6. The molecule has 108 valence electrons. The topological polar surface area (TPSA) is 61.8 Å². The summed E-state index contributed by atoms with van der Waals surface area (Å²) in [5.74, 6) is -1.51. The summed E-state index contributed by atoms with van der Waals surface area (Å²) in [7, 11) is 0. The lowest BCUT2D eigenvalue weighted by Crippen LogP contribution is -2.18. The van der Waals surface area contributed by atoms with Gasteiger partial charge < -0.3 is 14.2 Å². The van der Waals surface area contributed by atoms with Gasteiger partial charge in [0.2, 0.25) is 0 Å². The highest BCUT2D eigenvalue weighted by molar-refractivity contribution is 6.13. The molecule has 0 aromatic heterocycles. The van der Waals surface area contributed by atoms with Gasteiger partial charge in [-0.2, -0.15) is 0 Å². The van der Waals surface area contributed by atoms with Crippen molar-refractivity contribution in [2.24, 2.45) is 0 Å². The van der Waals surface area contributed by atoms with E-state index in [-0.39, 0.29) is 18.8 Å². The quantitative estimate of drug-likeness (QED) is 0.251. The highest BCUT2D eigenvalue weighted by atomic mass is 16.6. The Kier molecular flexibility index (Phi) is 6.89. The van der Waals surface area contributed by atoms with Gasteiger partial charge in [0.1, 0.15) is 12.9 Å². The van der Waals surface area contributed by atoms with Crippen LogP contribution in [-0.2, 0) is 30.4 Å². The molecule has 0 N–H and O–H groups in total. The molecule has 0 saturated heterocycles. The molecular formula is C15H18O5. The van der Waals surface area contributed by atoms with Crippen LogP contribution in [0.3, 0.4) is 0 Å². The Balaban J connectivity index is 2.66. The van der Waals surface area contributed by atoms with Gasteiger partial charge in [-0.1, -0.05) is 30.3 Å². The number of ether oxygens (including phenoxy) is 3. The van der Waals surface area contributed by atoms with Crippen LogP contribution in [0.5, 0.6) is 0 Å². The standard InChI is InChI=1S/C15H18O5/c1-3-18-11-13(14(16)19-4-2)15(17)20-10-12-8-6-5-7-9-12/h5-9,11H,3-4,10H2,1-2H3/b13-11+. The van der Waals surface area contributed by atoms with Gasteiger partial charge in [-0.15, -0.1) is 0 Å². The number of hydrogen-bond donors (Lipinski definition) is 0. The average Bonchev–Trinajstić information content (AvgIpc) is 2.47. The van der Waals surface area contributed by atoms with Crippen molar-refractivity contribution in [3.8, 4) is 0 Å². The first-order valence-electron chi connectivity index (χ1n) is 6.39. The third-order valence-electron chi connectivity index (χ3n) is 2.30. The van der Waals surface area contributed by atoms with Crippen LogP contribution in [0, 0.1) is 0 Å². The maximum atomic E-state index is 11.9. The third kappa shape index (κ3) is 5.14. The minimum Gasteiger partial charge on any atom is -0.500 e. The second kappa shape index (κ2) is 8.74. The maximum absolute atomic E-state index is 11.9. The normalized spacial score (nSPS) is 10.8. The summed E-state index contributed by atoms with van der Waals surface area (Å²) < 4.78 is 14.8. The van der Waals surface area contributed by atoms with E-state index in [1.807, 2.05) is 30.3 Å². The predicted molar refractivity (Wildman–Crippen MR) is 72.6 cm³/mol. The van der Waals surface area contributed by atoms with Crippen molar-refractivity contribution in [2.45, 2.75) is 20.5 Å². The van der Waals surface area contributed by atoms with Gasteiger partial charge in [0.05, 0.1) is 13.2 Å². The van der Waals surface area contributed by atoms with Crippen molar-refractivity contribution in [1.82, 2.24) is 0 Å². The van der Waals surface area contributed by atoms with Crippen molar-refractivity contribution in [2.75, 3.05) is 13.2 Å². The van der Waals surface area contributed by atoms with E-state index >= 15 is 0 Å². The number of rotatable bonds is 7. The molecule has 0 unspecified atom stereocenters. The molecule has 1 rings (SSSR count). The summed E-state index contributed by atoms with van der Waals surface area (Å²) in [6, 6.07) is 9.19. The molecule has 0 bridgehead atoms. The van der Waals surface area contributed by atoms with Crippen LogP contribution < -0.4 is 0 Å². The molecule has 1 aromatic carbocycles. The van der Waals surface area contributed by atoms with Crippen LogP contribution in [0.1, 0.15) is 19.4 Å². The van der Waals surface area contributed by atoms with E-state index in [2.05, 4.69) is 0 Å². The smallest absolute Gasteiger partial charge is 0.349 e. The molecule has 0 atom stereocenters. The van der Waals surface area contributed by atoms with Crippen LogP contribution in [0.25, 0.3) is 0 Å². The van der Waals surface area contributed by atoms with E-state index in [4.69, 9.17) is 14.2 Å². The average molecular weight is 278 g/mol. The largest absolute Gasteiger partial charge is 0.500 e. The van der Waals surface area contributed by atoms with E-state index in [1.165, 1.54) is 0 Å². The molecule has 0 saturated carbocycles. The van der Waals surface area contributed by atoms with Gasteiger partial charge in [-0.25, -0.2) is 9.59 Å². The number of esters is 2. The lowest BCUT2D eigenvalue weighted by Gasteiger charge is -2.08. The highest BCUT2D eigenvalue weighted by Crippen LogP contribution is 2.07. The van der Waals surface area contributed by atoms with Crippen molar-refractivity contribution < 1.29 is 23.8 Å². The van der Waals surface area contributed by atoms with Gasteiger partial charge in [0.15, 0.2) is 5.57 Å². The molecule has 1 aromatic rings.